The number of hydrogen-bond acceptors (Lipinski definition) is 4. The van der Waals surface area contributed by atoms with Crippen LogP contribution in [0, 0.1) is 0 Å². The molecule has 1 heterocycles. The van der Waals surface area contributed by atoms with E-state index in [0.29, 0.717) is 17.5 Å². The van der Waals surface area contributed by atoms with Gasteiger partial charge in [0.2, 0.25) is 0 Å². The maximum atomic E-state index is 12.2. The van der Waals surface area contributed by atoms with Crippen molar-refractivity contribution in [3.05, 3.63) is 65.2 Å². The number of benzene rings is 2. The highest BCUT2D eigenvalue weighted by molar-refractivity contribution is 5.95. The van der Waals surface area contributed by atoms with Gasteiger partial charge in [-0.1, -0.05) is 30.3 Å². The average Bonchev–Trinajstić information content (AvgIpc) is 2.60. The molecule has 130 valence electrons. The van der Waals surface area contributed by atoms with Crippen LogP contribution in [0.1, 0.15) is 21.5 Å². The van der Waals surface area contributed by atoms with Crippen LogP contribution in [0.4, 0.5) is 8.78 Å². The van der Waals surface area contributed by atoms with E-state index >= 15 is 0 Å². The normalized spacial score (nSPS) is 16.1. The van der Waals surface area contributed by atoms with E-state index in [0.717, 1.165) is 5.56 Å². The highest BCUT2D eigenvalue weighted by Gasteiger charge is 2.30. The summed E-state index contributed by atoms with van der Waals surface area (Å²) in [4.78, 5) is 24.1. The molecule has 2 aromatic carbocycles. The van der Waals surface area contributed by atoms with Crippen LogP contribution in [0.25, 0.3) is 0 Å². The largest absolute Gasteiger partial charge is 0.448 e. The molecule has 1 aliphatic rings. The van der Waals surface area contributed by atoms with Gasteiger partial charge in [-0.25, -0.2) is 4.79 Å². The fourth-order valence-electron chi connectivity index (χ4n) is 2.57. The van der Waals surface area contributed by atoms with Crippen LogP contribution >= 0.6 is 0 Å². The predicted octanol–water partition coefficient (Wildman–Crippen LogP) is 2.69. The monoisotopic (exact) mass is 347 g/mol. The maximum Gasteiger partial charge on any atom is 0.387 e. The van der Waals surface area contributed by atoms with Crippen molar-refractivity contribution in [1.82, 2.24) is 5.32 Å². The molecule has 0 fully saturated rings. The zero-order chi connectivity index (χ0) is 17.8. The van der Waals surface area contributed by atoms with Crippen molar-refractivity contribution in [2.24, 2.45) is 0 Å². The van der Waals surface area contributed by atoms with E-state index in [-0.39, 0.29) is 12.3 Å². The van der Waals surface area contributed by atoms with Gasteiger partial charge in [0, 0.05) is 13.0 Å². The van der Waals surface area contributed by atoms with E-state index < -0.39 is 24.6 Å². The van der Waals surface area contributed by atoms with Crippen LogP contribution in [-0.2, 0) is 22.5 Å². The van der Waals surface area contributed by atoms with Crippen molar-refractivity contribution < 1.29 is 27.8 Å². The van der Waals surface area contributed by atoms with E-state index in [4.69, 9.17) is 4.74 Å². The molecule has 3 rings (SSSR count). The van der Waals surface area contributed by atoms with Gasteiger partial charge < -0.3 is 14.8 Å². The maximum absolute atomic E-state index is 12.2. The Balaban J connectivity index is 1.57. The van der Waals surface area contributed by atoms with Gasteiger partial charge in [0.25, 0.3) is 5.91 Å². The first kappa shape index (κ1) is 16.9. The molecule has 5 nitrogen and oxygen atoms in total. The third-order valence-electron chi connectivity index (χ3n) is 3.80. The quantitative estimate of drug-likeness (QED) is 0.845. The van der Waals surface area contributed by atoms with Gasteiger partial charge in [-0.3, -0.25) is 4.79 Å². The first-order valence-electron chi connectivity index (χ1n) is 7.63. The third-order valence-corrected chi connectivity index (χ3v) is 3.80. The topological polar surface area (TPSA) is 64.6 Å². The van der Waals surface area contributed by atoms with E-state index in [1.54, 1.807) is 36.4 Å². The minimum absolute atomic E-state index is 0.0443. The number of fused-ring (bicyclic) bond motifs is 1. The Morgan fingerprint density at radius 3 is 2.64 bits per heavy atom. The van der Waals surface area contributed by atoms with Gasteiger partial charge in [-0.05, 0) is 29.3 Å². The molecule has 1 unspecified atom stereocenters. The zero-order valence-corrected chi connectivity index (χ0v) is 13.1. The van der Waals surface area contributed by atoms with Crippen molar-refractivity contribution in [3.63, 3.8) is 0 Å². The van der Waals surface area contributed by atoms with Crippen molar-refractivity contribution in [2.75, 3.05) is 0 Å². The van der Waals surface area contributed by atoms with Crippen LogP contribution in [-0.4, -0.2) is 24.6 Å². The number of amides is 1. The molecular weight excluding hydrogens is 332 g/mol. The molecule has 25 heavy (non-hydrogen) atoms. The van der Waals surface area contributed by atoms with Crippen LogP contribution < -0.4 is 10.1 Å². The fourth-order valence-corrected chi connectivity index (χ4v) is 2.57. The number of halogens is 2. The van der Waals surface area contributed by atoms with Crippen LogP contribution in [0.5, 0.6) is 5.75 Å². The number of ether oxygens (including phenoxy) is 2. The highest BCUT2D eigenvalue weighted by Crippen LogP contribution is 2.20. The molecule has 1 atom stereocenters. The number of carbonyl (C=O) groups excluding carboxylic acids is 2. The lowest BCUT2D eigenvalue weighted by atomic mass is 9.98. The molecule has 0 saturated carbocycles. The van der Waals surface area contributed by atoms with E-state index in [1.165, 1.54) is 12.1 Å². The zero-order valence-electron chi connectivity index (χ0n) is 13.1. The van der Waals surface area contributed by atoms with Gasteiger partial charge in [0.15, 0.2) is 6.10 Å². The Bertz CT molecular complexity index is 777. The molecule has 2 aromatic rings. The summed E-state index contributed by atoms with van der Waals surface area (Å²) in [6.45, 7) is -2.70. The molecule has 0 radical (unpaired) electrons. The molecule has 1 amide bonds. The van der Waals surface area contributed by atoms with Gasteiger partial charge >= 0.3 is 12.6 Å². The predicted molar refractivity (Wildman–Crippen MR) is 84.3 cm³/mol. The molecule has 1 aliphatic heterocycles. The smallest absolute Gasteiger partial charge is 0.387 e. The number of hydrogen-bond donors (Lipinski definition) is 1. The first-order chi connectivity index (χ1) is 12.0. The van der Waals surface area contributed by atoms with Gasteiger partial charge in [0.1, 0.15) is 5.75 Å². The number of carbonyl (C=O) groups is 2. The van der Waals surface area contributed by atoms with Crippen LogP contribution in [0.2, 0.25) is 0 Å². The van der Waals surface area contributed by atoms with Crippen molar-refractivity contribution in [2.45, 2.75) is 25.7 Å². The second kappa shape index (κ2) is 7.29. The number of esters is 1. The summed E-state index contributed by atoms with van der Waals surface area (Å²) in [5, 5.41) is 2.68. The Kier molecular flexibility index (Phi) is 4.92. The lowest BCUT2D eigenvalue weighted by molar-refractivity contribution is -0.130. The van der Waals surface area contributed by atoms with Crippen molar-refractivity contribution in [3.8, 4) is 5.75 Å². The lowest BCUT2D eigenvalue weighted by Gasteiger charge is -2.23. The summed E-state index contributed by atoms with van der Waals surface area (Å²) in [6.07, 6.45) is -0.571. The van der Waals surface area contributed by atoms with Crippen molar-refractivity contribution >= 4 is 11.9 Å². The average molecular weight is 347 g/mol. The summed E-state index contributed by atoms with van der Waals surface area (Å²) in [6, 6.07) is 12.9. The van der Waals surface area contributed by atoms with E-state index in [9.17, 15) is 18.4 Å². The summed E-state index contributed by atoms with van der Waals surface area (Å²) in [7, 11) is 0. The third kappa shape index (κ3) is 4.12. The second-order valence-corrected chi connectivity index (χ2v) is 5.50. The van der Waals surface area contributed by atoms with Crippen LogP contribution in [0.3, 0.4) is 0 Å². The van der Waals surface area contributed by atoms with E-state index in [2.05, 4.69) is 10.1 Å². The summed E-state index contributed by atoms with van der Waals surface area (Å²) < 4.78 is 33.6. The molecule has 1 N–H and O–H groups in total. The van der Waals surface area contributed by atoms with Gasteiger partial charge in [-0.2, -0.15) is 8.78 Å². The summed E-state index contributed by atoms with van der Waals surface area (Å²) >= 11 is 0. The molecule has 0 aliphatic carbocycles. The summed E-state index contributed by atoms with van der Waals surface area (Å²) in [5.74, 6) is -0.880. The Labute approximate surface area is 142 Å². The van der Waals surface area contributed by atoms with Crippen molar-refractivity contribution in [1.29, 1.82) is 0 Å². The van der Waals surface area contributed by atoms with E-state index in [1.807, 2.05) is 0 Å². The lowest BCUT2D eigenvalue weighted by Crippen LogP contribution is -2.41. The fraction of sp³-hybridized carbons (Fsp3) is 0.222. The highest BCUT2D eigenvalue weighted by atomic mass is 19.3. The molecule has 0 aromatic heterocycles. The van der Waals surface area contributed by atoms with Crippen LogP contribution in [0.15, 0.2) is 48.5 Å². The Morgan fingerprint density at radius 1 is 1.20 bits per heavy atom. The number of alkyl halides is 2. The first-order valence-corrected chi connectivity index (χ1v) is 7.63. The molecular formula is C18H15F2NO4. The standard InChI is InChI=1S/C18H15F2NO4/c19-18(20)24-13-7-5-11(6-8-13)10-21-16(22)15-9-12-3-1-2-4-14(12)17(23)25-15/h1-8,15,18H,9-10H2,(H,21,22). The Morgan fingerprint density at radius 2 is 1.92 bits per heavy atom. The van der Waals surface area contributed by atoms with Gasteiger partial charge in [-0.15, -0.1) is 0 Å². The number of cyclic esters (lactones) is 1. The molecule has 7 heteroatoms. The number of rotatable bonds is 5. The SMILES string of the molecule is O=C1OC(C(=O)NCc2ccc(OC(F)F)cc2)Cc2ccccc21. The molecule has 0 saturated heterocycles. The minimum atomic E-state index is -2.88. The molecule has 0 bridgehead atoms. The molecule has 0 spiro atoms. The minimum Gasteiger partial charge on any atom is -0.448 e. The number of nitrogens with one attached hydrogen (secondary N) is 1. The summed E-state index contributed by atoms with van der Waals surface area (Å²) in [5.41, 5.74) is 1.95. The Hall–Kier alpha value is -2.96. The van der Waals surface area contributed by atoms with Gasteiger partial charge in [0.05, 0.1) is 5.56 Å². The second-order valence-electron chi connectivity index (χ2n) is 5.50.